The van der Waals surface area contributed by atoms with Gasteiger partial charge in [-0.2, -0.15) is 0 Å². The Morgan fingerprint density at radius 2 is 2.00 bits per heavy atom. The molecule has 20 heavy (non-hydrogen) atoms. The summed E-state index contributed by atoms with van der Waals surface area (Å²) in [6.07, 6.45) is 2.47. The van der Waals surface area contributed by atoms with E-state index in [4.69, 9.17) is 0 Å². The van der Waals surface area contributed by atoms with Gasteiger partial charge >= 0.3 is 0 Å². The quantitative estimate of drug-likeness (QED) is 0.780. The van der Waals surface area contributed by atoms with E-state index in [1.807, 2.05) is 27.7 Å². The summed E-state index contributed by atoms with van der Waals surface area (Å²) >= 11 is 3.26. The fourth-order valence-corrected chi connectivity index (χ4v) is 3.30. The number of nitrogens with one attached hydrogen (secondary N) is 2. The van der Waals surface area contributed by atoms with Gasteiger partial charge in [-0.1, -0.05) is 20.8 Å². The summed E-state index contributed by atoms with van der Waals surface area (Å²) in [6.45, 7) is 8.99. The van der Waals surface area contributed by atoms with E-state index < -0.39 is 10.0 Å². The minimum atomic E-state index is -3.58. The fraction of sp³-hybridized carbons (Fsp3) is 0.615. The Labute approximate surface area is 129 Å². The Hall–Kier alpha value is -0.660. The van der Waals surface area contributed by atoms with Crippen molar-refractivity contribution in [1.29, 1.82) is 0 Å². The zero-order valence-electron chi connectivity index (χ0n) is 12.3. The summed E-state index contributed by atoms with van der Waals surface area (Å²) in [6, 6.07) is 1.56. The maximum Gasteiger partial charge on any atom is 0.244 e. The van der Waals surface area contributed by atoms with Crippen LogP contribution in [0.3, 0.4) is 0 Å². The summed E-state index contributed by atoms with van der Waals surface area (Å²) in [7, 11) is -3.58. The molecule has 1 heterocycles. The summed E-state index contributed by atoms with van der Waals surface area (Å²) < 4.78 is 28.2. The van der Waals surface area contributed by atoms with Gasteiger partial charge in [0.1, 0.15) is 10.7 Å². The summed E-state index contributed by atoms with van der Waals surface area (Å²) in [5.74, 6) is 0.373. The Kier molecular flexibility index (Phi) is 5.97. The van der Waals surface area contributed by atoms with E-state index in [9.17, 15) is 8.42 Å². The molecule has 1 rings (SSSR count). The van der Waals surface area contributed by atoms with Crippen LogP contribution in [0.5, 0.6) is 0 Å². The number of anilines is 1. The van der Waals surface area contributed by atoms with E-state index >= 15 is 0 Å². The number of hydrogen-bond donors (Lipinski definition) is 2. The van der Waals surface area contributed by atoms with Crippen molar-refractivity contribution >= 4 is 31.8 Å². The Bertz CT molecular complexity index is 559. The monoisotopic (exact) mass is 363 g/mol. The standard InChI is InChI=1S/C13H22BrN3O2S/c1-5-13(3,4)9-17-20(18,19)11-7-10(14)8-16-12(11)15-6-2/h7-8,17H,5-6,9H2,1-4H3,(H,15,16). The van der Waals surface area contributed by atoms with Crippen LogP contribution in [0.1, 0.15) is 34.1 Å². The van der Waals surface area contributed by atoms with E-state index in [2.05, 4.69) is 31.0 Å². The highest BCUT2D eigenvalue weighted by molar-refractivity contribution is 9.10. The van der Waals surface area contributed by atoms with E-state index in [0.29, 0.717) is 23.4 Å². The zero-order chi connectivity index (χ0) is 15.4. The molecule has 0 atom stereocenters. The summed E-state index contributed by atoms with van der Waals surface area (Å²) in [5.41, 5.74) is -0.0785. The van der Waals surface area contributed by atoms with Crippen LogP contribution in [0, 0.1) is 5.41 Å². The fourth-order valence-electron chi connectivity index (χ4n) is 1.42. The molecule has 0 amide bonds. The topological polar surface area (TPSA) is 71.1 Å². The van der Waals surface area contributed by atoms with Crippen molar-refractivity contribution < 1.29 is 8.42 Å². The van der Waals surface area contributed by atoms with E-state index in [1.54, 1.807) is 12.3 Å². The van der Waals surface area contributed by atoms with Crippen LogP contribution in [0.2, 0.25) is 0 Å². The minimum Gasteiger partial charge on any atom is -0.369 e. The Morgan fingerprint density at radius 3 is 2.55 bits per heavy atom. The molecule has 0 saturated heterocycles. The number of pyridine rings is 1. The molecule has 0 spiro atoms. The normalized spacial score (nSPS) is 12.4. The third-order valence-electron chi connectivity index (χ3n) is 3.15. The van der Waals surface area contributed by atoms with Crippen molar-refractivity contribution in [2.75, 3.05) is 18.4 Å². The lowest BCUT2D eigenvalue weighted by Crippen LogP contribution is -2.34. The van der Waals surface area contributed by atoms with Crippen molar-refractivity contribution in [2.24, 2.45) is 5.41 Å². The SMILES string of the molecule is CCNc1ncc(Br)cc1S(=O)(=O)NCC(C)(C)CC. The first kappa shape index (κ1) is 17.4. The third-order valence-corrected chi connectivity index (χ3v) is 5.00. The van der Waals surface area contributed by atoms with Gasteiger partial charge in [-0.25, -0.2) is 18.1 Å². The molecular weight excluding hydrogens is 342 g/mol. The summed E-state index contributed by atoms with van der Waals surface area (Å²) in [5, 5.41) is 2.97. The average molecular weight is 364 g/mol. The first-order valence-corrected chi connectivity index (χ1v) is 8.88. The molecule has 1 aromatic heterocycles. The second kappa shape index (κ2) is 6.87. The molecule has 0 unspecified atom stereocenters. The molecule has 0 saturated carbocycles. The molecule has 1 aromatic rings. The molecule has 0 aliphatic heterocycles. The average Bonchev–Trinajstić information content (AvgIpc) is 2.39. The number of sulfonamides is 1. The van der Waals surface area contributed by atoms with Crippen LogP contribution < -0.4 is 10.0 Å². The maximum atomic E-state index is 12.4. The summed E-state index contributed by atoms with van der Waals surface area (Å²) in [4.78, 5) is 4.29. The molecule has 0 aliphatic carbocycles. The van der Waals surface area contributed by atoms with Gasteiger partial charge in [0.25, 0.3) is 0 Å². The zero-order valence-corrected chi connectivity index (χ0v) is 14.7. The first-order valence-electron chi connectivity index (χ1n) is 6.61. The molecule has 0 fully saturated rings. The molecule has 2 N–H and O–H groups in total. The van der Waals surface area contributed by atoms with Crippen molar-refractivity contribution in [2.45, 2.75) is 39.0 Å². The molecule has 5 nitrogen and oxygen atoms in total. The number of nitrogens with zero attached hydrogens (tertiary/aromatic N) is 1. The molecular formula is C13H22BrN3O2S. The van der Waals surface area contributed by atoms with Crippen LogP contribution in [-0.2, 0) is 10.0 Å². The van der Waals surface area contributed by atoms with Gasteiger partial charge in [0, 0.05) is 23.8 Å². The van der Waals surface area contributed by atoms with Crippen molar-refractivity contribution in [3.05, 3.63) is 16.7 Å². The molecule has 0 bridgehead atoms. The van der Waals surface area contributed by atoms with Gasteiger partial charge in [0.15, 0.2) is 0 Å². The van der Waals surface area contributed by atoms with E-state index in [-0.39, 0.29) is 10.3 Å². The highest BCUT2D eigenvalue weighted by Crippen LogP contribution is 2.24. The van der Waals surface area contributed by atoms with Crippen LogP contribution in [-0.4, -0.2) is 26.5 Å². The Balaban J connectivity index is 3.05. The number of aromatic nitrogens is 1. The van der Waals surface area contributed by atoms with Gasteiger partial charge in [-0.05, 0) is 40.8 Å². The molecule has 7 heteroatoms. The second-order valence-electron chi connectivity index (χ2n) is 5.37. The van der Waals surface area contributed by atoms with Crippen molar-refractivity contribution in [3.8, 4) is 0 Å². The van der Waals surface area contributed by atoms with Crippen LogP contribution in [0.4, 0.5) is 5.82 Å². The van der Waals surface area contributed by atoms with Crippen LogP contribution in [0.25, 0.3) is 0 Å². The number of rotatable bonds is 7. The first-order chi connectivity index (χ1) is 9.22. The van der Waals surface area contributed by atoms with Gasteiger partial charge in [-0.3, -0.25) is 0 Å². The highest BCUT2D eigenvalue weighted by Gasteiger charge is 2.23. The largest absolute Gasteiger partial charge is 0.369 e. The van der Waals surface area contributed by atoms with Gasteiger partial charge in [0.2, 0.25) is 10.0 Å². The smallest absolute Gasteiger partial charge is 0.244 e. The molecule has 0 aliphatic rings. The molecule has 114 valence electrons. The predicted octanol–water partition coefficient (Wildman–Crippen LogP) is 2.99. The van der Waals surface area contributed by atoms with Crippen molar-refractivity contribution in [3.63, 3.8) is 0 Å². The molecule has 0 aromatic carbocycles. The number of hydrogen-bond acceptors (Lipinski definition) is 4. The Morgan fingerprint density at radius 1 is 1.35 bits per heavy atom. The lowest BCUT2D eigenvalue weighted by Gasteiger charge is -2.23. The second-order valence-corrected chi connectivity index (χ2v) is 8.02. The lowest BCUT2D eigenvalue weighted by atomic mass is 9.91. The minimum absolute atomic E-state index is 0.0785. The van der Waals surface area contributed by atoms with Gasteiger partial charge in [0.05, 0.1) is 0 Å². The van der Waals surface area contributed by atoms with E-state index in [1.165, 1.54) is 0 Å². The van der Waals surface area contributed by atoms with Crippen LogP contribution >= 0.6 is 15.9 Å². The van der Waals surface area contributed by atoms with Gasteiger partial charge < -0.3 is 5.32 Å². The van der Waals surface area contributed by atoms with Crippen LogP contribution in [0.15, 0.2) is 21.6 Å². The predicted molar refractivity (Wildman–Crippen MR) is 85.4 cm³/mol. The van der Waals surface area contributed by atoms with Gasteiger partial charge in [-0.15, -0.1) is 0 Å². The third kappa shape index (κ3) is 4.71. The lowest BCUT2D eigenvalue weighted by molar-refractivity contribution is 0.350. The van der Waals surface area contributed by atoms with E-state index in [0.717, 1.165) is 6.42 Å². The highest BCUT2D eigenvalue weighted by atomic mass is 79.9. The molecule has 0 radical (unpaired) electrons. The van der Waals surface area contributed by atoms with Crippen molar-refractivity contribution in [1.82, 2.24) is 9.71 Å². The number of halogens is 1. The maximum absolute atomic E-state index is 12.4.